The Hall–Kier alpha value is -1.96. The highest BCUT2D eigenvalue weighted by molar-refractivity contribution is 5.57. The van der Waals surface area contributed by atoms with Crippen LogP contribution in [0.25, 0.3) is 11.5 Å². The van der Waals surface area contributed by atoms with Gasteiger partial charge in [0, 0.05) is 13.1 Å². The number of aromatic nitrogens is 1. The summed E-state index contributed by atoms with van der Waals surface area (Å²) >= 11 is 0. The zero-order valence-electron chi connectivity index (χ0n) is 13.4. The Labute approximate surface area is 134 Å². The number of nitrogens with zero attached hydrogens (tertiary/aromatic N) is 2. The lowest BCUT2D eigenvalue weighted by Crippen LogP contribution is -2.31. The van der Waals surface area contributed by atoms with Gasteiger partial charge in [-0.1, -0.05) is 0 Å². The molecule has 1 atom stereocenters. The summed E-state index contributed by atoms with van der Waals surface area (Å²) in [6.07, 6.45) is -0.817. The summed E-state index contributed by atoms with van der Waals surface area (Å²) in [5.41, 5.74) is 0.881. The van der Waals surface area contributed by atoms with E-state index in [0.717, 1.165) is 0 Å². The molecular formula is C16H21FN2O4. The van der Waals surface area contributed by atoms with Gasteiger partial charge in [0.05, 0.1) is 31.1 Å². The van der Waals surface area contributed by atoms with Gasteiger partial charge in [-0.3, -0.25) is 4.90 Å². The second-order valence-electron chi connectivity index (χ2n) is 5.40. The monoisotopic (exact) mass is 324 g/mol. The number of hydrogen-bond donors (Lipinski definition) is 2. The predicted octanol–water partition coefficient (Wildman–Crippen LogP) is 1.58. The minimum atomic E-state index is -0.817. The van der Waals surface area contributed by atoms with E-state index in [-0.39, 0.29) is 18.1 Å². The van der Waals surface area contributed by atoms with Gasteiger partial charge in [-0.25, -0.2) is 9.37 Å². The fourth-order valence-corrected chi connectivity index (χ4v) is 2.22. The van der Waals surface area contributed by atoms with Crippen molar-refractivity contribution in [1.82, 2.24) is 9.88 Å². The molecule has 0 fully saturated rings. The molecule has 6 nitrogen and oxygen atoms in total. The van der Waals surface area contributed by atoms with E-state index in [9.17, 15) is 9.50 Å². The summed E-state index contributed by atoms with van der Waals surface area (Å²) in [4.78, 5) is 6.14. The highest BCUT2D eigenvalue weighted by Crippen LogP contribution is 2.28. The molecule has 1 unspecified atom stereocenters. The zero-order chi connectivity index (χ0) is 17.0. The van der Waals surface area contributed by atoms with Gasteiger partial charge in [0.2, 0.25) is 5.89 Å². The first kappa shape index (κ1) is 17.4. The van der Waals surface area contributed by atoms with Crippen LogP contribution in [0.3, 0.4) is 0 Å². The molecule has 0 aliphatic rings. The Morgan fingerprint density at radius 1 is 1.43 bits per heavy atom. The topological polar surface area (TPSA) is 79.0 Å². The molecule has 1 aromatic heterocycles. The van der Waals surface area contributed by atoms with Crippen molar-refractivity contribution in [2.24, 2.45) is 0 Å². The normalized spacial score (nSPS) is 12.7. The molecule has 1 aromatic carbocycles. The van der Waals surface area contributed by atoms with Gasteiger partial charge in [-0.05, 0) is 32.2 Å². The molecular weight excluding hydrogens is 303 g/mol. The van der Waals surface area contributed by atoms with Crippen molar-refractivity contribution in [3.8, 4) is 17.2 Å². The summed E-state index contributed by atoms with van der Waals surface area (Å²) in [5, 5.41) is 18.3. The lowest BCUT2D eigenvalue weighted by atomic mass is 10.2. The van der Waals surface area contributed by atoms with Gasteiger partial charge in [-0.2, -0.15) is 0 Å². The molecule has 126 valence electrons. The van der Waals surface area contributed by atoms with Crippen LogP contribution < -0.4 is 4.74 Å². The van der Waals surface area contributed by atoms with E-state index in [1.807, 2.05) is 0 Å². The van der Waals surface area contributed by atoms with E-state index in [4.69, 9.17) is 14.3 Å². The number of ether oxygens (including phenoxy) is 1. The smallest absolute Gasteiger partial charge is 0.229 e. The van der Waals surface area contributed by atoms with Gasteiger partial charge in [0.15, 0.2) is 0 Å². The molecule has 0 saturated carbocycles. The first-order valence-electron chi connectivity index (χ1n) is 7.22. The Morgan fingerprint density at radius 3 is 2.83 bits per heavy atom. The predicted molar refractivity (Wildman–Crippen MR) is 82.6 cm³/mol. The summed E-state index contributed by atoms with van der Waals surface area (Å²) < 4.78 is 24.6. The Bertz CT molecular complexity index is 660. The van der Waals surface area contributed by atoms with E-state index in [0.29, 0.717) is 30.3 Å². The van der Waals surface area contributed by atoms with Crippen molar-refractivity contribution in [2.75, 3.05) is 27.3 Å². The fraction of sp³-hybridized carbons (Fsp3) is 0.438. The Balaban J connectivity index is 2.21. The van der Waals surface area contributed by atoms with Gasteiger partial charge in [-0.15, -0.1) is 0 Å². The molecule has 0 saturated heterocycles. The minimum Gasteiger partial charge on any atom is -0.497 e. The molecule has 23 heavy (non-hydrogen) atoms. The lowest BCUT2D eigenvalue weighted by molar-refractivity contribution is 0.0644. The number of hydrogen-bond acceptors (Lipinski definition) is 6. The van der Waals surface area contributed by atoms with Crippen molar-refractivity contribution in [3.05, 3.63) is 35.5 Å². The third-order valence-corrected chi connectivity index (χ3v) is 3.45. The molecule has 0 bridgehead atoms. The number of aliphatic hydroxyl groups excluding tert-OH is 2. The lowest BCUT2D eigenvalue weighted by Gasteiger charge is -2.18. The van der Waals surface area contributed by atoms with Crippen molar-refractivity contribution < 1.29 is 23.8 Å². The zero-order valence-corrected chi connectivity index (χ0v) is 13.4. The molecule has 0 spiro atoms. The van der Waals surface area contributed by atoms with E-state index in [1.165, 1.54) is 25.3 Å². The first-order chi connectivity index (χ1) is 10.9. The Morgan fingerprint density at radius 2 is 2.17 bits per heavy atom. The van der Waals surface area contributed by atoms with Crippen LogP contribution in [-0.4, -0.2) is 53.5 Å². The fourth-order valence-electron chi connectivity index (χ4n) is 2.22. The summed E-state index contributed by atoms with van der Waals surface area (Å²) in [5.74, 6) is 0.835. The molecule has 7 heteroatoms. The molecule has 1 heterocycles. The number of oxazole rings is 1. The average Bonchev–Trinajstić information content (AvgIpc) is 2.88. The third kappa shape index (κ3) is 4.28. The van der Waals surface area contributed by atoms with E-state index >= 15 is 0 Å². The number of aliphatic hydroxyl groups is 2. The summed E-state index contributed by atoms with van der Waals surface area (Å²) in [6.45, 7) is 2.16. The number of rotatable bonds is 7. The molecule has 0 aliphatic carbocycles. The van der Waals surface area contributed by atoms with Crippen LogP contribution >= 0.6 is 0 Å². The maximum absolute atomic E-state index is 14.0. The molecule has 0 amide bonds. The second kappa shape index (κ2) is 7.54. The quantitative estimate of drug-likeness (QED) is 0.805. The van der Waals surface area contributed by atoms with Crippen LogP contribution in [0.2, 0.25) is 0 Å². The van der Waals surface area contributed by atoms with Crippen molar-refractivity contribution >= 4 is 0 Å². The maximum atomic E-state index is 14.0. The highest BCUT2D eigenvalue weighted by Gasteiger charge is 2.17. The molecule has 0 radical (unpaired) electrons. The number of methoxy groups -OCH3 is 1. The van der Waals surface area contributed by atoms with Crippen molar-refractivity contribution in [3.63, 3.8) is 0 Å². The minimum absolute atomic E-state index is 0.185. The van der Waals surface area contributed by atoms with E-state index in [2.05, 4.69) is 4.98 Å². The van der Waals surface area contributed by atoms with Crippen LogP contribution in [-0.2, 0) is 6.54 Å². The Kier molecular flexibility index (Phi) is 5.70. The molecule has 2 aromatic rings. The van der Waals surface area contributed by atoms with Crippen LogP contribution in [0.1, 0.15) is 11.5 Å². The number of halogens is 1. The van der Waals surface area contributed by atoms with Gasteiger partial charge < -0.3 is 19.4 Å². The van der Waals surface area contributed by atoms with Gasteiger partial charge in [0.1, 0.15) is 17.3 Å². The maximum Gasteiger partial charge on any atom is 0.229 e. The average molecular weight is 324 g/mol. The summed E-state index contributed by atoms with van der Waals surface area (Å²) in [6, 6.07) is 4.36. The van der Waals surface area contributed by atoms with Crippen molar-refractivity contribution in [2.45, 2.75) is 19.6 Å². The SMILES string of the molecule is COc1ccc(F)c(-c2nc(CN(C)CC(O)CO)c(C)o2)c1. The standard InChI is InChI=1S/C16H21FN2O4/c1-10-15(8-19(2)7-11(21)9-20)18-16(23-10)13-6-12(22-3)4-5-14(13)17/h4-6,11,20-21H,7-9H2,1-3H3. The molecule has 2 N–H and O–H groups in total. The number of benzene rings is 1. The van der Waals surface area contributed by atoms with Crippen LogP contribution in [0.5, 0.6) is 5.75 Å². The van der Waals surface area contributed by atoms with Crippen LogP contribution in [0, 0.1) is 12.7 Å². The molecule has 0 aliphatic heterocycles. The second-order valence-corrected chi connectivity index (χ2v) is 5.40. The largest absolute Gasteiger partial charge is 0.497 e. The third-order valence-electron chi connectivity index (χ3n) is 3.45. The van der Waals surface area contributed by atoms with Gasteiger partial charge >= 0.3 is 0 Å². The summed E-state index contributed by atoms with van der Waals surface area (Å²) in [7, 11) is 3.30. The van der Waals surface area contributed by atoms with E-state index in [1.54, 1.807) is 18.9 Å². The van der Waals surface area contributed by atoms with Gasteiger partial charge in [0.25, 0.3) is 0 Å². The van der Waals surface area contributed by atoms with Crippen LogP contribution in [0.4, 0.5) is 4.39 Å². The van der Waals surface area contributed by atoms with Crippen molar-refractivity contribution in [1.29, 1.82) is 0 Å². The number of likely N-dealkylation sites (N-methyl/N-ethyl adjacent to an activating group) is 1. The number of aryl methyl sites for hydroxylation is 1. The molecule has 2 rings (SSSR count). The first-order valence-corrected chi connectivity index (χ1v) is 7.22. The van der Waals surface area contributed by atoms with E-state index < -0.39 is 11.9 Å². The van der Waals surface area contributed by atoms with Crippen LogP contribution in [0.15, 0.2) is 22.6 Å². The highest BCUT2D eigenvalue weighted by atomic mass is 19.1.